The van der Waals surface area contributed by atoms with Gasteiger partial charge in [0.2, 0.25) is 0 Å². The third-order valence-corrected chi connectivity index (χ3v) is 3.25. The number of nitrogens with zero attached hydrogens (tertiary/aromatic N) is 1. The van der Waals surface area contributed by atoms with Crippen LogP contribution in [-0.4, -0.2) is 28.9 Å². The highest BCUT2D eigenvalue weighted by Crippen LogP contribution is 2.52. The Labute approximate surface area is 101 Å². The minimum atomic E-state index is -4.16. The molecule has 0 fully saturated rings. The Morgan fingerprint density at radius 2 is 1.59 bits per heavy atom. The van der Waals surface area contributed by atoms with Crippen LogP contribution in [0.15, 0.2) is 0 Å². The summed E-state index contributed by atoms with van der Waals surface area (Å²) in [6.45, 7) is 4.54. The second-order valence-electron chi connectivity index (χ2n) is 3.26. The Hall–Kier alpha value is -0.480. The normalized spacial score (nSPS) is 20.0. The molecule has 0 bridgehead atoms. The van der Waals surface area contributed by atoms with Gasteiger partial charge in [-0.25, -0.2) is 4.57 Å². The highest BCUT2D eigenvalue weighted by atomic mass is 31.2. The van der Waals surface area contributed by atoms with Crippen molar-refractivity contribution < 1.29 is 28.3 Å². The molecule has 0 aromatic rings. The van der Waals surface area contributed by atoms with E-state index in [1.54, 1.807) is 19.9 Å². The molecule has 3 atom stereocenters. The molecule has 0 aliphatic rings. The molecule has 0 rings (SSSR count). The maximum absolute atomic E-state index is 12.0. The summed E-state index contributed by atoms with van der Waals surface area (Å²) in [6, 6.07) is 1.69. The quantitative estimate of drug-likeness (QED) is 0.506. The first-order valence-corrected chi connectivity index (χ1v) is 6.73. The number of hydrogen-bond donors (Lipinski definition) is 2. The molecule has 0 heterocycles. The summed E-state index contributed by atoms with van der Waals surface area (Å²) in [6.07, 6.45) is -3.42. The van der Waals surface area contributed by atoms with Crippen LogP contribution < -0.4 is 0 Å². The summed E-state index contributed by atoms with van der Waals surface area (Å²) in [5, 5.41) is 27.0. The largest absolute Gasteiger partial charge is 0.480 e. The second kappa shape index (κ2) is 7.77. The van der Waals surface area contributed by atoms with Crippen LogP contribution in [0.5, 0.6) is 0 Å². The predicted octanol–water partition coefficient (Wildman–Crippen LogP) is 1.51. The van der Waals surface area contributed by atoms with Gasteiger partial charge in [-0.15, -0.1) is 0 Å². The molecule has 0 saturated carbocycles. The molecule has 0 aromatic carbocycles. The fourth-order valence-electron chi connectivity index (χ4n) is 0.739. The Kier molecular flexibility index (Phi) is 7.55. The van der Waals surface area contributed by atoms with Gasteiger partial charge in [0.15, 0.2) is 18.7 Å². The van der Waals surface area contributed by atoms with Gasteiger partial charge in [0.1, 0.15) is 0 Å². The van der Waals surface area contributed by atoms with Gasteiger partial charge < -0.3 is 10.2 Å². The zero-order valence-corrected chi connectivity index (χ0v) is 11.0. The van der Waals surface area contributed by atoms with E-state index in [1.165, 1.54) is 6.92 Å². The van der Waals surface area contributed by atoms with Crippen LogP contribution in [0, 0.1) is 11.3 Å². The predicted molar refractivity (Wildman–Crippen MR) is 58.5 cm³/mol. The van der Waals surface area contributed by atoms with Crippen molar-refractivity contribution in [3.05, 3.63) is 0 Å². The van der Waals surface area contributed by atoms with Crippen molar-refractivity contribution in [3.8, 4) is 6.07 Å². The van der Waals surface area contributed by atoms with Crippen molar-refractivity contribution in [1.82, 2.24) is 0 Å². The van der Waals surface area contributed by atoms with Crippen LogP contribution in [0.4, 0.5) is 0 Å². The van der Waals surface area contributed by atoms with Crippen LogP contribution in [0.2, 0.25) is 0 Å². The zero-order chi connectivity index (χ0) is 13.5. The van der Waals surface area contributed by atoms with E-state index in [0.29, 0.717) is 0 Å². The molecular weight excluding hydrogens is 249 g/mol. The number of nitriles is 1. The standard InChI is InChI=1S/C9H18NO6P/c1-4-8(11)15-17(13,14-7(3)6-10)16-9(12)5-2/h7-9,11-12H,4-5H2,1-3H3. The van der Waals surface area contributed by atoms with Crippen LogP contribution in [0.1, 0.15) is 33.6 Å². The van der Waals surface area contributed by atoms with Crippen LogP contribution in [0.25, 0.3) is 0 Å². The van der Waals surface area contributed by atoms with Gasteiger partial charge in [0.25, 0.3) is 0 Å². The third-order valence-electron chi connectivity index (χ3n) is 1.67. The molecular formula is C9H18NO6P. The average Bonchev–Trinajstić information content (AvgIpc) is 2.27. The molecule has 7 nitrogen and oxygen atoms in total. The van der Waals surface area contributed by atoms with E-state index in [1.807, 2.05) is 0 Å². The smallest absolute Gasteiger partial charge is 0.367 e. The van der Waals surface area contributed by atoms with Crippen LogP contribution >= 0.6 is 7.82 Å². The minimum absolute atomic E-state index is 0.167. The van der Waals surface area contributed by atoms with E-state index in [-0.39, 0.29) is 12.8 Å². The average molecular weight is 267 g/mol. The van der Waals surface area contributed by atoms with Gasteiger partial charge in [0.05, 0.1) is 6.07 Å². The molecule has 3 unspecified atom stereocenters. The molecule has 0 aliphatic carbocycles. The lowest BCUT2D eigenvalue weighted by atomic mass is 10.5. The van der Waals surface area contributed by atoms with Gasteiger partial charge in [-0.05, 0) is 19.8 Å². The molecule has 0 aromatic heterocycles. The molecule has 2 N–H and O–H groups in total. The first-order chi connectivity index (χ1) is 7.86. The van der Waals surface area contributed by atoms with Crippen molar-refractivity contribution in [2.45, 2.75) is 52.3 Å². The van der Waals surface area contributed by atoms with Crippen LogP contribution in [-0.2, 0) is 18.1 Å². The van der Waals surface area contributed by atoms with E-state index in [9.17, 15) is 14.8 Å². The first-order valence-electron chi connectivity index (χ1n) is 5.27. The Bertz CT molecular complexity index is 288. The van der Waals surface area contributed by atoms with E-state index >= 15 is 0 Å². The van der Waals surface area contributed by atoms with E-state index in [2.05, 4.69) is 9.05 Å². The third kappa shape index (κ3) is 6.74. The molecule has 0 spiro atoms. The summed E-state index contributed by atoms with van der Waals surface area (Å²) < 4.78 is 26.1. The summed E-state index contributed by atoms with van der Waals surface area (Å²) >= 11 is 0. The monoisotopic (exact) mass is 267 g/mol. The van der Waals surface area contributed by atoms with Gasteiger partial charge in [0, 0.05) is 0 Å². The SMILES string of the molecule is CCC(O)OP(=O)(OC(C)C#N)OC(O)CC. The molecule has 0 amide bonds. The van der Waals surface area contributed by atoms with Gasteiger partial charge in [-0.1, -0.05) is 13.8 Å². The zero-order valence-electron chi connectivity index (χ0n) is 10.1. The lowest BCUT2D eigenvalue weighted by molar-refractivity contribution is -0.0922. The van der Waals surface area contributed by atoms with Crippen molar-refractivity contribution >= 4 is 7.82 Å². The van der Waals surface area contributed by atoms with Crippen molar-refractivity contribution in [2.24, 2.45) is 0 Å². The highest BCUT2D eigenvalue weighted by Gasteiger charge is 2.34. The summed E-state index contributed by atoms with van der Waals surface area (Å²) in [4.78, 5) is 0. The molecule has 0 saturated heterocycles. The summed E-state index contributed by atoms with van der Waals surface area (Å²) in [7, 11) is -4.16. The van der Waals surface area contributed by atoms with E-state index in [4.69, 9.17) is 9.79 Å². The second-order valence-corrected chi connectivity index (χ2v) is 4.79. The van der Waals surface area contributed by atoms with Crippen LogP contribution in [0.3, 0.4) is 0 Å². The van der Waals surface area contributed by atoms with Crippen molar-refractivity contribution in [3.63, 3.8) is 0 Å². The molecule has 8 heteroatoms. The molecule has 17 heavy (non-hydrogen) atoms. The molecule has 100 valence electrons. The minimum Gasteiger partial charge on any atom is -0.367 e. The maximum atomic E-state index is 12.0. The van der Waals surface area contributed by atoms with Gasteiger partial charge in [-0.3, -0.25) is 13.6 Å². The Morgan fingerprint density at radius 3 is 1.88 bits per heavy atom. The first kappa shape index (κ1) is 16.5. The number of phosphoric acid groups is 1. The molecule has 0 radical (unpaired) electrons. The lowest BCUT2D eigenvalue weighted by Gasteiger charge is -2.23. The van der Waals surface area contributed by atoms with E-state index < -0.39 is 26.5 Å². The number of phosphoric ester groups is 1. The Balaban J connectivity index is 4.69. The number of hydrogen-bond acceptors (Lipinski definition) is 7. The van der Waals surface area contributed by atoms with Crippen molar-refractivity contribution in [1.29, 1.82) is 5.26 Å². The summed E-state index contributed by atoms with van der Waals surface area (Å²) in [5.74, 6) is 0. The lowest BCUT2D eigenvalue weighted by Crippen LogP contribution is -2.18. The van der Waals surface area contributed by atoms with Gasteiger partial charge >= 0.3 is 7.82 Å². The number of aliphatic hydroxyl groups excluding tert-OH is 2. The Morgan fingerprint density at radius 1 is 1.18 bits per heavy atom. The van der Waals surface area contributed by atoms with E-state index in [0.717, 1.165) is 0 Å². The van der Waals surface area contributed by atoms with Gasteiger partial charge in [-0.2, -0.15) is 5.26 Å². The fourth-order valence-corrected chi connectivity index (χ4v) is 2.22. The topological polar surface area (TPSA) is 109 Å². The number of aliphatic hydroxyl groups is 2. The maximum Gasteiger partial charge on any atom is 0.480 e. The number of rotatable bonds is 8. The summed E-state index contributed by atoms with van der Waals surface area (Å²) in [5.41, 5.74) is 0. The fraction of sp³-hybridized carbons (Fsp3) is 0.889. The molecule has 0 aliphatic heterocycles. The van der Waals surface area contributed by atoms with Crippen molar-refractivity contribution in [2.75, 3.05) is 0 Å². The highest BCUT2D eigenvalue weighted by molar-refractivity contribution is 7.48.